The van der Waals surface area contributed by atoms with Crippen molar-refractivity contribution < 1.29 is 8.83 Å². The molecule has 0 saturated heterocycles. The highest BCUT2D eigenvalue weighted by Crippen LogP contribution is 2.47. The van der Waals surface area contributed by atoms with E-state index in [9.17, 15) is 0 Å². The van der Waals surface area contributed by atoms with Crippen LogP contribution in [0.3, 0.4) is 0 Å². The van der Waals surface area contributed by atoms with Gasteiger partial charge in [0.15, 0.2) is 0 Å². The fourth-order valence-electron chi connectivity index (χ4n) is 9.79. The van der Waals surface area contributed by atoms with Gasteiger partial charge in [-0.1, -0.05) is 146 Å². The van der Waals surface area contributed by atoms with Gasteiger partial charge >= 0.3 is 0 Å². The van der Waals surface area contributed by atoms with E-state index >= 15 is 0 Å². The third-order valence-corrected chi connectivity index (χ3v) is 13.9. The molecule has 2 aliphatic heterocycles. The first kappa shape index (κ1) is 42.9. The van der Waals surface area contributed by atoms with Crippen LogP contribution < -0.4 is 26.3 Å². The van der Waals surface area contributed by atoms with Crippen molar-refractivity contribution in [2.24, 2.45) is 0 Å². The lowest BCUT2D eigenvalue weighted by atomic mass is 9.35. The summed E-state index contributed by atoms with van der Waals surface area (Å²) in [7, 11) is 0. The van der Waals surface area contributed by atoms with Gasteiger partial charge in [-0.2, -0.15) is 0 Å². The number of rotatable bonds is 3. The predicted molar refractivity (Wildman–Crippen MR) is 277 cm³/mol. The quantitative estimate of drug-likeness (QED) is 0.166. The zero-order chi connectivity index (χ0) is 46.3. The summed E-state index contributed by atoms with van der Waals surface area (Å²) in [5.74, 6) is 1.34. The van der Waals surface area contributed by atoms with Crippen molar-refractivity contribution in [2.45, 2.75) is 131 Å². The third-order valence-electron chi connectivity index (χ3n) is 13.9. The van der Waals surface area contributed by atoms with Crippen molar-refractivity contribution in [3.8, 4) is 11.5 Å². The van der Waals surface area contributed by atoms with E-state index in [1.165, 1.54) is 38.7 Å². The van der Waals surface area contributed by atoms with E-state index in [4.69, 9.17) is 13.8 Å². The summed E-state index contributed by atoms with van der Waals surface area (Å²) >= 11 is 0. The Morgan fingerprint density at radius 2 is 0.954 bits per heavy atom. The molecule has 4 heterocycles. The normalized spacial score (nSPS) is 14.3. The van der Waals surface area contributed by atoms with Crippen LogP contribution in [0.1, 0.15) is 132 Å². The summed E-state index contributed by atoms with van der Waals surface area (Å²) in [5.41, 5.74) is 17.8. The number of benzene rings is 6. The number of hydrogen-bond donors (Lipinski definition) is 0. The second kappa shape index (κ2) is 14.2. The maximum Gasteiger partial charge on any atom is 0.279 e. The Kier molecular flexibility index (Phi) is 9.41. The Balaban J connectivity index is 1.26. The molecule has 0 spiro atoms. The van der Waals surface area contributed by atoms with Gasteiger partial charge in [-0.3, -0.25) is 4.90 Å². The van der Waals surface area contributed by atoms with E-state index in [-0.39, 0.29) is 33.8 Å². The molecule has 0 fully saturated rings. The van der Waals surface area contributed by atoms with E-state index in [1.807, 2.05) is 0 Å². The fourth-order valence-corrected chi connectivity index (χ4v) is 9.79. The van der Waals surface area contributed by atoms with Crippen LogP contribution in [0, 0.1) is 0 Å². The number of hydrogen-bond acceptors (Lipinski definition) is 5. The van der Waals surface area contributed by atoms with Crippen molar-refractivity contribution in [1.82, 2.24) is 4.98 Å². The van der Waals surface area contributed by atoms with Crippen molar-refractivity contribution in [3.05, 3.63) is 143 Å². The second-order valence-electron chi connectivity index (χ2n) is 23.9. The van der Waals surface area contributed by atoms with E-state index in [0.717, 1.165) is 67.4 Å². The van der Waals surface area contributed by atoms with Gasteiger partial charge in [-0.05, 0) is 139 Å². The summed E-state index contributed by atoms with van der Waals surface area (Å²) in [6.07, 6.45) is 0. The summed E-state index contributed by atoms with van der Waals surface area (Å²) < 4.78 is 13.7. The van der Waals surface area contributed by atoms with Gasteiger partial charge in [0.1, 0.15) is 11.2 Å². The lowest BCUT2D eigenvalue weighted by Gasteiger charge is -2.42. The Labute approximate surface area is 387 Å². The molecule has 5 nitrogen and oxygen atoms in total. The average Bonchev–Trinajstić information content (AvgIpc) is 3.83. The monoisotopic (exact) mass is 858 g/mol. The van der Waals surface area contributed by atoms with Gasteiger partial charge in [-0.25, -0.2) is 4.98 Å². The average molecular weight is 858 g/mol. The standard InChI is InChI=1S/C59H64BN3O2/c1-55(2,3)36-20-24-41(25-21-36)62-46-26-22-38(57(7,8)9)34-45(46)60-51-47(62)17-16-18-48(51)63(42-31-39(58(10,11)12)30-40(32-42)59(13,14)15)54-52(60)61-53(65-54)35-19-27-49-43(29-35)44-33-37(56(4,5)6)23-28-50(44)64-49/h16-34H,1-15H3. The lowest BCUT2D eigenvalue weighted by Crippen LogP contribution is -2.61. The number of nitrogens with zero attached hydrogens (tertiary/aromatic N) is 3. The molecule has 0 bridgehead atoms. The second-order valence-corrected chi connectivity index (χ2v) is 23.9. The number of furan rings is 1. The zero-order valence-electron chi connectivity index (χ0n) is 41.2. The molecule has 65 heavy (non-hydrogen) atoms. The molecule has 6 aromatic carbocycles. The SMILES string of the molecule is CC(C)(C)c1ccc(N2c3ccc(C(C)(C)C)cc3B3c4nc(-c5ccc6oc7ccc(C(C)(C)C)cc7c6c5)oc4N(c4cc(C(C)(C)C)cc(C(C)(C)C)c4)c4cccc2c43)cc1. The Morgan fingerprint density at radius 3 is 1.55 bits per heavy atom. The molecule has 0 N–H and O–H groups in total. The largest absolute Gasteiger partial charge is 0.456 e. The summed E-state index contributed by atoms with van der Waals surface area (Å²) in [5, 5.41) is 2.16. The van der Waals surface area contributed by atoms with Gasteiger partial charge in [0.2, 0.25) is 11.8 Å². The first-order valence-corrected chi connectivity index (χ1v) is 23.5. The maximum atomic E-state index is 7.32. The first-order valence-electron chi connectivity index (χ1n) is 23.5. The van der Waals surface area contributed by atoms with Crippen LogP contribution in [0.25, 0.3) is 33.4 Å². The predicted octanol–water partition coefficient (Wildman–Crippen LogP) is 14.8. The number of oxazole rings is 1. The van der Waals surface area contributed by atoms with Crippen molar-refractivity contribution in [3.63, 3.8) is 0 Å². The Hall–Kier alpha value is -6.01. The Morgan fingerprint density at radius 1 is 0.431 bits per heavy atom. The molecule has 0 atom stereocenters. The molecule has 0 unspecified atom stereocenters. The number of aromatic nitrogens is 1. The lowest BCUT2D eigenvalue weighted by molar-refractivity contribution is 0.566. The minimum Gasteiger partial charge on any atom is -0.456 e. The van der Waals surface area contributed by atoms with Crippen LogP contribution in [-0.4, -0.2) is 11.7 Å². The highest BCUT2D eigenvalue weighted by atomic mass is 16.4. The molecular formula is C59H64BN3O2. The van der Waals surface area contributed by atoms with Gasteiger partial charge < -0.3 is 13.7 Å². The zero-order valence-corrected chi connectivity index (χ0v) is 41.2. The van der Waals surface area contributed by atoms with E-state index in [2.05, 4.69) is 229 Å². The minimum atomic E-state index is -0.187. The van der Waals surface area contributed by atoms with E-state index in [0.29, 0.717) is 5.89 Å². The van der Waals surface area contributed by atoms with Crippen LogP contribution in [0.2, 0.25) is 0 Å². The highest BCUT2D eigenvalue weighted by molar-refractivity contribution is 6.99. The van der Waals surface area contributed by atoms with Crippen LogP contribution >= 0.6 is 0 Å². The first-order chi connectivity index (χ1) is 30.4. The Bertz CT molecular complexity index is 3150. The maximum absolute atomic E-state index is 7.32. The molecule has 6 heteroatoms. The summed E-state index contributed by atoms with van der Waals surface area (Å²) in [6, 6.07) is 43.2. The molecule has 10 rings (SSSR count). The van der Waals surface area contributed by atoms with Crippen LogP contribution in [-0.2, 0) is 27.1 Å². The van der Waals surface area contributed by atoms with Crippen molar-refractivity contribution in [2.75, 3.05) is 9.80 Å². The highest BCUT2D eigenvalue weighted by Gasteiger charge is 2.47. The smallest absolute Gasteiger partial charge is 0.279 e. The van der Waals surface area contributed by atoms with Crippen molar-refractivity contribution in [1.29, 1.82) is 0 Å². The minimum absolute atomic E-state index is 0.0000809. The van der Waals surface area contributed by atoms with Gasteiger partial charge in [0.05, 0.1) is 5.59 Å². The molecule has 8 aromatic rings. The number of anilines is 6. The van der Waals surface area contributed by atoms with Crippen LogP contribution in [0.5, 0.6) is 0 Å². The molecule has 0 amide bonds. The van der Waals surface area contributed by atoms with Crippen LogP contribution in [0.4, 0.5) is 34.3 Å². The molecule has 0 radical (unpaired) electrons. The number of fused-ring (bicyclic) bond motifs is 7. The summed E-state index contributed by atoms with van der Waals surface area (Å²) in [4.78, 5) is 10.5. The molecule has 2 aliphatic rings. The molecule has 2 aromatic heterocycles. The molecular weight excluding hydrogens is 793 g/mol. The molecule has 330 valence electrons. The van der Waals surface area contributed by atoms with Crippen LogP contribution in [0.15, 0.2) is 124 Å². The van der Waals surface area contributed by atoms with Gasteiger partial charge in [-0.15, -0.1) is 0 Å². The third kappa shape index (κ3) is 7.19. The topological polar surface area (TPSA) is 45.7 Å². The van der Waals surface area contributed by atoms with Crippen molar-refractivity contribution >= 4 is 79.5 Å². The van der Waals surface area contributed by atoms with Gasteiger partial charge in [0, 0.05) is 44.8 Å². The van der Waals surface area contributed by atoms with E-state index in [1.54, 1.807) is 0 Å². The summed E-state index contributed by atoms with van der Waals surface area (Å²) in [6.45, 7) is 34.2. The molecule has 0 saturated carbocycles. The molecule has 0 aliphatic carbocycles. The fraction of sp³-hybridized carbons (Fsp3) is 0.339. The van der Waals surface area contributed by atoms with E-state index < -0.39 is 0 Å². The van der Waals surface area contributed by atoms with Gasteiger partial charge in [0.25, 0.3) is 6.71 Å².